The summed E-state index contributed by atoms with van der Waals surface area (Å²) >= 11 is 0. The average Bonchev–Trinajstić information content (AvgIpc) is 3.93. The number of piperidine rings is 3. The molecule has 3 N–H and O–H groups in total. The fourth-order valence-electron chi connectivity index (χ4n) is 9.89. The Morgan fingerprint density at radius 3 is 2.22 bits per heavy atom. The summed E-state index contributed by atoms with van der Waals surface area (Å²) in [6, 6.07) is 35.5. The molecule has 0 spiro atoms. The number of anilines is 3. The second-order valence-electron chi connectivity index (χ2n) is 17.5. The van der Waals surface area contributed by atoms with Crippen LogP contribution in [0.3, 0.4) is 0 Å². The molecular formula is C51H53N9O3. The SMILES string of the molecule is CN(C(=O)c1ccc(C2CCN(Cc3cc4c(-c5ccc6[nH]ncc6c5)ccnc4n3C)CC2)cc1)c1ccc(C2CCN(c3ccc(NC4CCC(=O)NC4=O)cc3)CC2)cc1. The fourth-order valence-corrected chi connectivity index (χ4v) is 9.89. The van der Waals surface area contributed by atoms with Crippen molar-refractivity contribution in [2.75, 3.05) is 48.3 Å². The maximum absolute atomic E-state index is 13.7. The van der Waals surface area contributed by atoms with Crippen molar-refractivity contribution in [3.8, 4) is 11.1 Å². The van der Waals surface area contributed by atoms with Gasteiger partial charge in [-0.3, -0.25) is 29.7 Å². The molecule has 320 valence electrons. The number of nitrogens with zero attached hydrogens (tertiary/aromatic N) is 6. The summed E-state index contributed by atoms with van der Waals surface area (Å²) in [5, 5.41) is 15.2. The number of hydrogen-bond acceptors (Lipinski definition) is 8. The van der Waals surface area contributed by atoms with Gasteiger partial charge in [-0.25, -0.2) is 4.98 Å². The van der Waals surface area contributed by atoms with E-state index in [1.54, 1.807) is 4.90 Å². The van der Waals surface area contributed by atoms with Gasteiger partial charge in [-0.05, 0) is 152 Å². The third kappa shape index (κ3) is 8.30. The first kappa shape index (κ1) is 40.3. The monoisotopic (exact) mass is 839 g/mol. The first-order valence-electron chi connectivity index (χ1n) is 22.3. The number of amides is 3. The molecule has 3 aliphatic rings. The number of aryl methyl sites for hydroxylation is 1. The van der Waals surface area contributed by atoms with Gasteiger partial charge in [0, 0.05) is 85.4 Å². The number of likely N-dealkylation sites (tertiary alicyclic amines) is 1. The van der Waals surface area contributed by atoms with E-state index in [2.05, 4.69) is 121 Å². The standard InChI is InChI=1S/C51H53N9O3/c1-57-43(30-45-44(19-24-52-49(45)57)38-9-16-46-39(29-38)31-53-56-46)32-59-25-20-35(21-26-59)33-3-5-37(6-4-33)51(63)58(2)41-12-7-34(8-13-41)36-22-27-60(28-23-36)42-14-10-40(11-15-42)54-47-17-18-48(61)55-50(47)62/h3-16,19,24,29-31,35-36,47,54H,17-18,20-23,25-28,32H2,1-2H3,(H,53,56)(H,55,61,62). The number of rotatable bonds is 10. The van der Waals surface area contributed by atoms with E-state index in [1.165, 1.54) is 27.8 Å². The van der Waals surface area contributed by atoms with E-state index >= 15 is 0 Å². The number of aromatic nitrogens is 4. The number of H-pyrrole nitrogens is 1. The van der Waals surface area contributed by atoms with Gasteiger partial charge in [0.05, 0.1) is 11.7 Å². The zero-order valence-electron chi connectivity index (χ0n) is 35.9. The summed E-state index contributed by atoms with van der Waals surface area (Å²) in [4.78, 5) is 48.8. The van der Waals surface area contributed by atoms with Gasteiger partial charge in [0.15, 0.2) is 0 Å². The zero-order valence-corrected chi connectivity index (χ0v) is 35.9. The molecule has 0 aliphatic carbocycles. The van der Waals surface area contributed by atoms with Crippen LogP contribution >= 0.6 is 0 Å². The van der Waals surface area contributed by atoms with Crippen molar-refractivity contribution in [2.24, 2.45) is 7.05 Å². The molecule has 1 unspecified atom stereocenters. The number of aromatic amines is 1. The lowest BCUT2D eigenvalue weighted by Crippen LogP contribution is -2.47. The minimum atomic E-state index is -0.389. The van der Waals surface area contributed by atoms with Gasteiger partial charge in [-0.2, -0.15) is 5.10 Å². The van der Waals surface area contributed by atoms with E-state index in [4.69, 9.17) is 4.98 Å². The quantitative estimate of drug-likeness (QED) is 0.117. The van der Waals surface area contributed by atoms with Crippen molar-refractivity contribution < 1.29 is 14.4 Å². The van der Waals surface area contributed by atoms with Gasteiger partial charge >= 0.3 is 0 Å². The summed E-state index contributed by atoms with van der Waals surface area (Å²) in [7, 11) is 3.98. The highest BCUT2D eigenvalue weighted by Gasteiger charge is 2.27. The third-order valence-electron chi connectivity index (χ3n) is 13.7. The van der Waals surface area contributed by atoms with E-state index < -0.39 is 0 Å². The molecule has 10 rings (SSSR count). The Hall–Kier alpha value is -6.79. The lowest BCUT2D eigenvalue weighted by Gasteiger charge is -2.34. The van der Waals surface area contributed by atoms with Crippen molar-refractivity contribution in [2.45, 2.75) is 62.9 Å². The molecule has 0 saturated carbocycles. The van der Waals surface area contributed by atoms with Gasteiger partial charge in [0.2, 0.25) is 11.8 Å². The third-order valence-corrected chi connectivity index (χ3v) is 13.7. The highest BCUT2D eigenvalue weighted by atomic mass is 16.2. The lowest BCUT2D eigenvalue weighted by molar-refractivity contribution is -0.133. The molecular weight excluding hydrogens is 787 g/mol. The Morgan fingerprint density at radius 1 is 0.810 bits per heavy atom. The van der Waals surface area contributed by atoms with Gasteiger partial charge < -0.3 is 19.7 Å². The van der Waals surface area contributed by atoms with Crippen LogP contribution in [0.15, 0.2) is 116 Å². The van der Waals surface area contributed by atoms with E-state index in [9.17, 15) is 14.4 Å². The van der Waals surface area contributed by atoms with E-state index in [0.717, 1.165) is 97.6 Å². The van der Waals surface area contributed by atoms with Gasteiger partial charge in [-0.1, -0.05) is 30.3 Å². The molecule has 3 amide bonds. The fraction of sp³-hybridized carbons (Fsp3) is 0.314. The van der Waals surface area contributed by atoms with Crippen LogP contribution in [-0.2, 0) is 23.2 Å². The number of benzene rings is 4. The largest absolute Gasteiger partial charge is 0.374 e. The number of nitrogens with one attached hydrogen (secondary N) is 3. The van der Waals surface area contributed by atoms with Crippen LogP contribution in [0.25, 0.3) is 33.1 Å². The highest BCUT2D eigenvalue weighted by Crippen LogP contribution is 2.35. The molecule has 12 heteroatoms. The number of carbonyl (C=O) groups is 3. The highest BCUT2D eigenvalue weighted by molar-refractivity contribution is 6.06. The van der Waals surface area contributed by atoms with Crippen molar-refractivity contribution in [1.82, 2.24) is 30.0 Å². The Balaban J connectivity index is 0.700. The normalized spacial score (nSPS) is 17.9. The maximum Gasteiger partial charge on any atom is 0.258 e. The molecule has 1 atom stereocenters. The molecule has 7 aromatic rings. The molecule has 12 nitrogen and oxygen atoms in total. The van der Waals surface area contributed by atoms with Crippen LogP contribution in [-0.4, -0.2) is 81.6 Å². The van der Waals surface area contributed by atoms with Crippen molar-refractivity contribution in [1.29, 1.82) is 0 Å². The molecule has 3 saturated heterocycles. The number of pyridine rings is 1. The van der Waals surface area contributed by atoms with Crippen LogP contribution in [0.1, 0.15) is 77.5 Å². The lowest BCUT2D eigenvalue weighted by atomic mass is 9.88. The predicted molar refractivity (Wildman–Crippen MR) is 249 cm³/mol. The summed E-state index contributed by atoms with van der Waals surface area (Å²) in [6.45, 7) is 4.82. The number of hydrogen-bond donors (Lipinski definition) is 3. The summed E-state index contributed by atoms with van der Waals surface area (Å²) in [5.74, 6) is 0.448. The first-order valence-corrected chi connectivity index (χ1v) is 22.3. The predicted octanol–water partition coefficient (Wildman–Crippen LogP) is 8.37. The van der Waals surface area contributed by atoms with E-state index in [1.807, 2.05) is 43.7 Å². The summed E-state index contributed by atoms with van der Waals surface area (Å²) in [6.07, 6.45) is 8.89. The first-order chi connectivity index (χ1) is 30.7. The smallest absolute Gasteiger partial charge is 0.258 e. The van der Waals surface area contributed by atoms with Crippen LogP contribution in [0.5, 0.6) is 0 Å². The van der Waals surface area contributed by atoms with Crippen LogP contribution in [0, 0.1) is 0 Å². The second kappa shape index (κ2) is 17.2. The van der Waals surface area contributed by atoms with Crippen molar-refractivity contribution in [3.05, 3.63) is 138 Å². The van der Waals surface area contributed by atoms with Crippen LogP contribution in [0.4, 0.5) is 17.1 Å². The second-order valence-corrected chi connectivity index (χ2v) is 17.5. The Labute approximate surface area is 367 Å². The molecule has 6 heterocycles. The van der Waals surface area contributed by atoms with Crippen LogP contribution in [0.2, 0.25) is 0 Å². The molecule has 3 aliphatic heterocycles. The van der Waals surface area contributed by atoms with Crippen molar-refractivity contribution >= 4 is 56.7 Å². The van der Waals surface area contributed by atoms with E-state index in [0.29, 0.717) is 30.2 Å². The Morgan fingerprint density at radius 2 is 1.51 bits per heavy atom. The average molecular weight is 840 g/mol. The minimum absolute atomic E-state index is 0.00890. The maximum atomic E-state index is 13.7. The molecule has 0 radical (unpaired) electrons. The molecule has 0 bridgehead atoms. The molecule has 3 fully saturated rings. The molecule has 4 aromatic carbocycles. The minimum Gasteiger partial charge on any atom is -0.374 e. The Bertz CT molecular complexity index is 2780. The number of fused-ring (bicyclic) bond motifs is 2. The van der Waals surface area contributed by atoms with Crippen LogP contribution < -0.4 is 20.4 Å². The number of imide groups is 1. The summed E-state index contributed by atoms with van der Waals surface area (Å²) in [5.41, 5.74) is 11.9. The van der Waals surface area contributed by atoms with Crippen molar-refractivity contribution in [3.63, 3.8) is 0 Å². The molecule has 3 aromatic heterocycles. The van der Waals surface area contributed by atoms with Gasteiger partial charge in [0.1, 0.15) is 11.7 Å². The molecule has 63 heavy (non-hydrogen) atoms. The van der Waals surface area contributed by atoms with Gasteiger partial charge in [0.25, 0.3) is 5.91 Å². The van der Waals surface area contributed by atoms with Gasteiger partial charge in [-0.15, -0.1) is 0 Å². The van der Waals surface area contributed by atoms with E-state index in [-0.39, 0.29) is 23.8 Å². The number of carbonyl (C=O) groups excluding carboxylic acids is 3. The topological polar surface area (TPSA) is 131 Å². The summed E-state index contributed by atoms with van der Waals surface area (Å²) < 4.78 is 2.24. The Kier molecular flexibility index (Phi) is 11.0. The zero-order chi connectivity index (χ0) is 43.0.